The van der Waals surface area contributed by atoms with E-state index in [1.54, 1.807) is 0 Å². The summed E-state index contributed by atoms with van der Waals surface area (Å²) in [6, 6.07) is 10.3. The summed E-state index contributed by atoms with van der Waals surface area (Å²) in [6.07, 6.45) is 2.90. The lowest BCUT2D eigenvalue weighted by atomic mass is 9.81. The first-order valence-electron chi connectivity index (χ1n) is 9.93. The highest BCUT2D eigenvalue weighted by molar-refractivity contribution is 5.48. The lowest BCUT2D eigenvalue weighted by Crippen LogP contribution is -2.51. The minimum atomic E-state index is -0.305. The highest BCUT2D eigenvalue weighted by Gasteiger charge is 2.44. The van der Waals surface area contributed by atoms with Crippen molar-refractivity contribution in [2.75, 3.05) is 18.0 Å². The van der Waals surface area contributed by atoms with Gasteiger partial charge in [0.1, 0.15) is 11.6 Å². The summed E-state index contributed by atoms with van der Waals surface area (Å²) in [7, 11) is 0. The first-order valence-corrected chi connectivity index (χ1v) is 9.93. The third kappa shape index (κ3) is 3.71. The summed E-state index contributed by atoms with van der Waals surface area (Å²) >= 11 is 0. The van der Waals surface area contributed by atoms with Gasteiger partial charge in [0.15, 0.2) is 0 Å². The van der Waals surface area contributed by atoms with Gasteiger partial charge in [0.05, 0.1) is 17.8 Å². The van der Waals surface area contributed by atoms with Crippen LogP contribution < -0.4 is 4.90 Å². The Morgan fingerprint density at radius 1 is 1.07 bits per heavy atom. The van der Waals surface area contributed by atoms with Gasteiger partial charge >= 0.3 is 0 Å². The smallest absolute Gasteiger partial charge is 0.135 e. The van der Waals surface area contributed by atoms with Crippen molar-refractivity contribution in [1.82, 2.24) is 9.97 Å². The van der Waals surface area contributed by atoms with Crippen molar-refractivity contribution in [2.24, 2.45) is 0 Å². The van der Waals surface area contributed by atoms with Crippen molar-refractivity contribution >= 4 is 5.82 Å². The highest BCUT2D eigenvalue weighted by atomic mass is 16.5. The average molecular weight is 367 g/mol. The molecule has 3 heterocycles. The van der Waals surface area contributed by atoms with Gasteiger partial charge in [0.2, 0.25) is 0 Å². The standard InChI is InChI=1S/C22H29N3O2/c1-15-16(2)23-17(3)24-21(15)25-11-9-22(10-12-25)14-19(26)13-20(27-22)18-7-5-4-6-8-18/h4-8,19-20,26H,9-14H2,1-3H3/t19-,20-/m1/s1. The van der Waals surface area contributed by atoms with Crippen molar-refractivity contribution < 1.29 is 9.84 Å². The van der Waals surface area contributed by atoms with Crippen LogP contribution >= 0.6 is 0 Å². The number of aliphatic hydroxyl groups excluding tert-OH is 1. The normalized spacial score (nSPS) is 25.0. The molecular formula is C22H29N3O2. The summed E-state index contributed by atoms with van der Waals surface area (Å²) in [6.45, 7) is 7.88. The number of ether oxygens (including phenoxy) is 1. The number of anilines is 1. The molecule has 2 atom stereocenters. The maximum Gasteiger partial charge on any atom is 0.135 e. The van der Waals surface area contributed by atoms with Crippen LogP contribution in [0.15, 0.2) is 30.3 Å². The van der Waals surface area contributed by atoms with Crippen LogP contribution in [0.25, 0.3) is 0 Å². The fraction of sp³-hybridized carbons (Fsp3) is 0.545. The van der Waals surface area contributed by atoms with Crippen molar-refractivity contribution in [1.29, 1.82) is 0 Å². The van der Waals surface area contributed by atoms with Gasteiger partial charge < -0.3 is 14.7 Å². The van der Waals surface area contributed by atoms with Gasteiger partial charge in [0.25, 0.3) is 0 Å². The van der Waals surface area contributed by atoms with Crippen LogP contribution in [0.4, 0.5) is 5.82 Å². The summed E-state index contributed by atoms with van der Waals surface area (Å²) < 4.78 is 6.61. The maximum absolute atomic E-state index is 10.5. The Balaban J connectivity index is 1.51. The topological polar surface area (TPSA) is 58.5 Å². The lowest BCUT2D eigenvalue weighted by molar-refractivity contribution is -0.173. The summed E-state index contributed by atoms with van der Waals surface area (Å²) in [5.74, 6) is 1.87. The third-order valence-electron chi connectivity index (χ3n) is 6.11. The highest BCUT2D eigenvalue weighted by Crippen LogP contribution is 2.43. The molecule has 0 radical (unpaired) electrons. The van der Waals surface area contributed by atoms with E-state index in [1.807, 2.05) is 32.0 Å². The molecule has 5 nitrogen and oxygen atoms in total. The minimum absolute atomic E-state index is 0.0215. The first-order chi connectivity index (χ1) is 13.0. The molecule has 2 aliphatic rings. The Kier molecular flexibility index (Phi) is 4.91. The maximum atomic E-state index is 10.5. The summed E-state index contributed by atoms with van der Waals surface area (Å²) in [5, 5.41) is 10.5. The predicted octanol–water partition coefficient (Wildman–Crippen LogP) is 3.65. The minimum Gasteiger partial charge on any atom is -0.393 e. The van der Waals surface area contributed by atoms with Crippen molar-refractivity contribution in [3.63, 3.8) is 0 Å². The van der Waals surface area contributed by atoms with Gasteiger partial charge in [-0.3, -0.25) is 0 Å². The molecule has 2 fully saturated rings. The molecule has 0 unspecified atom stereocenters. The van der Waals surface area contributed by atoms with Crippen LogP contribution in [0.3, 0.4) is 0 Å². The number of benzene rings is 1. The zero-order valence-electron chi connectivity index (χ0n) is 16.5. The van der Waals surface area contributed by atoms with Gasteiger partial charge in [0, 0.05) is 37.2 Å². The summed E-state index contributed by atoms with van der Waals surface area (Å²) in [5.41, 5.74) is 3.13. The van der Waals surface area contributed by atoms with Gasteiger partial charge in [-0.25, -0.2) is 9.97 Å². The number of hydrogen-bond donors (Lipinski definition) is 1. The molecule has 1 N–H and O–H groups in total. The second-order valence-corrected chi connectivity index (χ2v) is 8.09. The molecule has 2 aromatic rings. The number of piperidine rings is 1. The number of nitrogens with zero attached hydrogens (tertiary/aromatic N) is 3. The number of aryl methyl sites for hydroxylation is 2. The molecule has 1 spiro atoms. The lowest BCUT2D eigenvalue weighted by Gasteiger charge is -2.48. The monoisotopic (exact) mass is 367 g/mol. The van der Waals surface area contributed by atoms with Gasteiger partial charge in [-0.05, 0) is 39.2 Å². The van der Waals surface area contributed by atoms with E-state index >= 15 is 0 Å². The molecule has 4 rings (SSSR count). The molecule has 2 aliphatic heterocycles. The second-order valence-electron chi connectivity index (χ2n) is 8.09. The van der Waals surface area contributed by atoms with Gasteiger partial charge in [-0.15, -0.1) is 0 Å². The molecule has 5 heteroatoms. The number of rotatable bonds is 2. The molecule has 0 amide bonds. The number of aromatic nitrogens is 2. The Bertz CT molecular complexity index is 801. The van der Waals surface area contributed by atoms with Crippen LogP contribution in [0.2, 0.25) is 0 Å². The Morgan fingerprint density at radius 3 is 2.48 bits per heavy atom. The van der Waals surface area contributed by atoms with E-state index in [2.05, 4.69) is 28.9 Å². The third-order valence-corrected chi connectivity index (χ3v) is 6.11. The quantitative estimate of drug-likeness (QED) is 0.878. The molecule has 0 saturated carbocycles. The SMILES string of the molecule is Cc1nc(C)c(C)c(N2CCC3(CC2)C[C@H](O)C[C@H](c2ccccc2)O3)n1. The molecule has 0 bridgehead atoms. The largest absolute Gasteiger partial charge is 0.393 e. The zero-order chi connectivity index (χ0) is 19.0. The van der Waals surface area contributed by atoms with Crippen molar-refractivity contribution in [2.45, 2.75) is 64.3 Å². The van der Waals surface area contributed by atoms with Crippen molar-refractivity contribution in [3.05, 3.63) is 53.0 Å². The van der Waals surface area contributed by atoms with Crippen LogP contribution in [0.5, 0.6) is 0 Å². The van der Waals surface area contributed by atoms with E-state index in [0.717, 1.165) is 60.8 Å². The van der Waals surface area contributed by atoms with Crippen LogP contribution in [0.1, 0.15) is 54.4 Å². The first kappa shape index (κ1) is 18.4. The Labute approximate surface area is 161 Å². The van der Waals surface area contributed by atoms with Crippen LogP contribution in [-0.2, 0) is 4.74 Å². The van der Waals surface area contributed by atoms with Crippen LogP contribution in [-0.4, -0.2) is 39.9 Å². The Hall–Kier alpha value is -1.98. The molecular weight excluding hydrogens is 338 g/mol. The van der Waals surface area contributed by atoms with E-state index in [1.165, 1.54) is 0 Å². The van der Waals surface area contributed by atoms with Crippen molar-refractivity contribution in [3.8, 4) is 0 Å². The average Bonchev–Trinajstić information content (AvgIpc) is 2.66. The zero-order valence-corrected chi connectivity index (χ0v) is 16.5. The number of hydrogen-bond acceptors (Lipinski definition) is 5. The van der Waals surface area contributed by atoms with E-state index in [-0.39, 0.29) is 17.8 Å². The molecule has 1 aromatic carbocycles. The fourth-order valence-corrected chi connectivity index (χ4v) is 4.54. The Morgan fingerprint density at radius 2 is 1.78 bits per heavy atom. The van der Waals surface area contributed by atoms with E-state index in [0.29, 0.717) is 6.42 Å². The fourth-order valence-electron chi connectivity index (χ4n) is 4.54. The number of aliphatic hydroxyl groups is 1. The predicted molar refractivity (Wildman–Crippen MR) is 106 cm³/mol. The van der Waals surface area contributed by atoms with E-state index < -0.39 is 0 Å². The molecule has 144 valence electrons. The summed E-state index contributed by atoms with van der Waals surface area (Å²) in [4.78, 5) is 11.5. The van der Waals surface area contributed by atoms with E-state index in [4.69, 9.17) is 9.72 Å². The molecule has 1 aromatic heterocycles. The van der Waals surface area contributed by atoms with Crippen LogP contribution in [0, 0.1) is 20.8 Å². The van der Waals surface area contributed by atoms with E-state index in [9.17, 15) is 5.11 Å². The molecule has 2 saturated heterocycles. The molecule has 27 heavy (non-hydrogen) atoms. The van der Waals surface area contributed by atoms with Gasteiger partial charge in [-0.2, -0.15) is 0 Å². The molecule has 0 aliphatic carbocycles. The van der Waals surface area contributed by atoms with Gasteiger partial charge in [-0.1, -0.05) is 30.3 Å². The second kappa shape index (κ2) is 7.21.